The first kappa shape index (κ1) is 21.4. The first-order valence-corrected chi connectivity index (χ1v) is 12.8. The maximum absolute atomic E-state index is 14.1. The van der Waals surface area contributed by atoms with Gasteiger partial charge in [0.2, 0.25) is 11.8 Å². The van der Waals surface area contributed by atoms with Crippen molar-refractivity contribution in [1.29, 1.82) is 0 Å². The van der Waals surface area contributed by atoms with Crippen molar-refractivity contribution in [2.45, 2.75) is 0 Å². The maximum Gasteiger partial charge on any atom is 0.430 e. The van der Waals surface area contributed by atoms with Gasteiger partial charge >= 0.3 is 7.60 Å². The van der Waals surface area contributed by atoms with Crippen LogP contribution in [-0.2, 0) is 4.57 Å². The molecule has 0 aliphatic carbocycles. The summed E-state index contributed by atoms with van der Waals surface area (Å²) in [5, 5.41) is 3.72. The van der Waals surface area contributed by atoms with Crippen LogP contribution in [0.15, 0.2) is 84.9 Å². The number of fused-ring (bicyclic) bond motifs is 6. The van der Waals surface area contributed by atoms with E-state index in [-0.39, 0.29) is 11.8 Å². The molecule has 0 spiro atoms. The molecule has 6 aromatic rings. The highest BCUT2D eigenvalue weighted by Crippen LogP contribution is 2.48. The molecule has 2 aromatic heterocycles. The highest BCUT2D eigenvalue weighted by molar-refractivity contribution is 7.53. The van der Waals surface area contributed by atoms with Crippen molar-refractivity contribution in [3.63, 3.8) is 0 Å². The molecule has 0 amide bonds. The quantitative estimate of drug-likeness (QED) is 0.189. The summed E-state index contributed by atoms with van der Waals surface area (Å²) >= 11 is 0. The molecule has 5 nitrogen and oxygen atoms in total. The predicted octanol–water partition coefficient (Wildman–Crippen LogP) is 7.65. The van der Waals surface area contributed by atoms with Crippen LogP contribution in [0.4, 0.5) is 8.78 Å². The van der Waals surface area contributed by atoms with Gasteiger partial charge in [-0.1, -0.05) is 48.5 Å². The number of benzene rings is 4. The van der Waals surface area contributed by atoms with Gasteiger partial charge in [0.25, 0.3) is 0 Å². The maximum atomic E-state index is 14.1. The van der Waals surface area contributed by atoms with Gasteiger partial charge < -0.3 is 9.05 Å². The molecule has 0 saturated carbocycles. The first-order chi connectivity index (χ1) is 16.9. The van der Waals surface area contributed by atoms with Crippen molar-refractivity contribution < 1.29 is 22.4 Å². The Labute approximate surface area is 198 Å². The molecule has 6 rings (SSSR count). The van der Waals surface area contributed by atoms with Crippen LogP contribution in [-0.4, -0.2) is 16.6 Å². The van der Waals surface area contributed by atoms with Crippen LogP contribution in [0.25, 0.3) is 43.4 Å². The smallest absolute Gasteiger partial charge is 0.397 e. The van der Waals surface area contributed by atoms with Crippen molar-refractivity contribution >= 4 is 50.9 Å². The highest BCUT2D eigenvalue weighted by Gasteiger charge is 2.26. The van der Waals surface area contributed by atoms with Gasteiger partial charge in [-0.3, -0.25) is 0 Å². The van der Waals surface area contributed by atoms with E-state index in [1.807, 2.05) is 36.4 Å². The Kier molecular flexibility index (Phi) is 4.90. The summed E-state index contributed by atoms with van der Waals surface area (Å²) in [5.74, 6) is -1.02. The van der Waals surface area contributed by atoms with Crippen molar-refractivity contribution in [3.05, 3.63) is 96.6 Å². The molecular weight excluding hydrogens is 469 g/mol. The van der Waals surface area contributed by atoms with Crippen molar-refractivity contribution in [1.82, 2.24) is 9.97 Å². The average molecular weight is 486 g/mol. The molecule has 2 heterocycles. The topological polar surface area (TPSA) is 61.3 Å². The number of pyridine rings is 2. The van der Waals surface area contributed by atoms with E-state index in [1.54, 1.807) is 24.3 Å². The lowest BCUT2D eigenvalue weighted by atomic mass is 10.1. The lowest BCUT2D eigenvalue weighted by molar-refractivity contribution is 0.386. The fraction of sp³-hybridized carbons (Fsp3) is 0.0370. The van der Waals surface area contributed by atoms with Crippen LogP contribution in [0.2, 0.25) is 0 Å². The minimum atomic E-state index is -3.90. The third-order valence-electron chi connectivity index (χ3n) is 5.76. The Bertz CT molecular complexity index is 1710. The number of halogens is 2. The third-order valence-corrected chi connectivity index (χ3v) is 6.77. The van der Waals surface area contributed by atoms with Crippen LogP contribution < -0.4 is 9.05 Å². The van der Waals surface area contributed by atoms with Gasteiger partial charge in [0.15, 0.2) is 0 Å². The summed E-state index contributed by atoms with van der Waals surface area (Å²) in [7, 11) is -3.90. The van der Waals surface area contributed by atoms with E-state index in [2.05, 4.69) is 9.97 Å². The summed E-state index contributed by atoms with van der Waals surface area (Å²) in [6, 6.07) is 23.2. The Morgan fingerprint density at radius 2 is 1.03 bits per heavy atom. The molecular formula is C27H17F2N2O3P. The molecule has 4 aromatic carbocycles. The van der Waals surface area contributed by atoms with Crippen LogP contribution >= 0.6 is 7.60 Å². The second kappa shape index (κ2) is 8.00. The summed E-state index contributed by atoms with van der Waals surface area (Å²) in [5.41, 5.74) is 1.19. The Balaban J connectivity index is 1.48. The zero-order valence-corrected chi connectivity index (χ0v) is 19.3. The Morgan fingerprint density at radius 3 is 1.49 bits per heavy atom. The summed E-state index contributed by atoms with van der Waals surface area (Å²) in [6.45, 7) is 1.27. The number of aromatic nitrogens is 2. The van der Waals surface area contributed by atoms with Crippen LogP contribution in [0, 0.1) is 11.6 Å². The number of hydrogen-bond acceptors (Lipinski definition) is 5. The van der Waals surface area contributed by atoms with Gasteiger partial charge in [-0.05, 0) is 47.2 Å². The molecule has 172 valence electrons. The van der Waals surface area contributed by atoms with Gasteiger partial charge in [0.1, 0.15) is 11.6 Å². The SMILES string of the molecule is CP(=O)(Oc1nc2ccccc2c2ccc(F)cc12)Oc1nc2ccccc2c2ccc(F)cc12. The van der Waals surface area contributed by atoms with E-state index in [4.69, 9.17) is 9.05 Å². The molecule has 0 unspecified atom stereocenters. The average Bonchev–Trinajstić information content (AvgIpc) is 2.84. The van der Waals surface area contributed by atoms with Crippen LogP contribution in [0.5, 0.6) is 11.8 Å². The summed E-state index contributed by atoms with van der Waals surface area (Å²) in [6.07, 6.45) is 0. The molecule has 0 radical (unpaired) electrons. The molecule has 35 heavy (non-hydrogen) atoms. The third kappa shape index (κ3) is 3.84. The van der Waals surface area contributed by atoms with Crippen molar-refractivity contribution in [2.75, 3.05) is 6.66 Å². The predicted molar refractivity (Wildman–Crippen MR) is 133 cm³/mol. The lowest BCUT2D eigenvalue weighted by Crippen LogP contribution is -2.03. The zero-order chi connectivity index (χ0) is 24.2. The molecule has 0 fully saturated rings. The van der Waals surface area contributed by atoms with Crippen molar-refractivity contribution in [2.24, 2.45) is 0 Å². The van der Waals surface area contributed by atoms with Gasteiger partial charge in [0, 0.05) is 21.5 Å². The largest absolute Gasteiger partial charge is 0.430 e. The fourth-order valence-corrected chi connectivity index (χ4v) is 5.21. The standard InChI is InChI=1S/C27H17F2N2O3P/c1-35(32,33-26-22-14-16(28)10-12-18(22)20-6-2-4-8-24(20)30-26)34-27-23-15-17(29)11-13-19(23)21-7-3-5-9-25(21)31-27/h2-15H,1H3. The van der Waals surface area contributed by atoms with E-state index in [9.17, 15) is 13.3 Å². The lowest BCUT2D eigenvalue weighted by Gasteiger charge is -2.18. The summed E-state index contributed by atoms with van der Waals surface area (Å²) in [4.78, 5) is 8.95. The van der Waals surface area contributed by atoms with E-state index < -0.39 is 19.2 Å². The number of rotatable bonds is 4. The normalized spacial score (nSPS) is 12.0. The van der Waals surface area contributed by atoms with E-state index in [0.29, 0.717) is 32.6 Å². The van der Waals surface area contributed by atoms with E-state index >= 15 is 0 Å². The molecule has 0 atom stereocenters. The molecule has 0 N–H and O–H groups in total. The second-order valence-electron chi connectivity index (χ2n) is 8.20. The monoisotopic (exact) mass is 486 g/mol. The first-order valence-electron chi connectivity index (χ1n) is 10.8. The highest BCUT2D eigenvalue weighted by atomic mass is 31.2. The van der Waals surface area contributed by atoms with E-state index in [0.717, 1.165) is 10.8 Å². The second-order valence-corrected chi connectivity index (χ2v) is 10.1. The molecule has 0 aliphatic heterocycles. The van der Waals surface area contributed by atoms with Gasteiger partial charge in [0.05, 0.1) is 17.7 Å². The van der Waals surface area contributed by atoms with Gasteiger partial charge in [-0.15, -0.1) is 0 Å². The molecule has 0 bridgehead atoms. The van der Waals surface area contributed by atoms with Gasteiger partial charge in [-0.2, -0.15) is 0 Å². The Hall–Kier alpha value is -4.09. The molecule has 8 heteroatoms. The number of para-hydroxylation sites is 2. The fourth-order valence-electron chi connectivity index (χ4n) is 4.27. The number of nitrogens with zero attached hydrogens (tertiary/aromatic N) is 2. The van der Waals surface area contributed by atoms with Crippen LogP contribution in [0.1, 0.15) is 0 Å². The minimum absolute atomic E-state index is 0.0275. The van der Waals surface area contributed by atoms with E-state index in [1.165, 1.54) is 30.9 Å². The number of hydrogen-bond donors (Lipinski definition) is 0. The minimum Gasteiger partial charge on any atom is -0.397 e. The Morgan fingerprint density at radius 1 is 0.600 bits per heavy atom. The van der Waals surface area contributed by atoms with Crippen LogP contribution in [0.3, 0.4) is 0 Å². The molecule has 0 aliphatic rings. The molecule has 0 saturated heterocycles. The summed E-state index contributed by atoms with van der Waals surface area (Å²) < 4.78 is 53.4. The zero-order valence-electron chi connectivity index (χ0n) is 18.4. The van der Waals surface area contributed by atoms with Gasteiger partial charge in [-0.25, -0.2) is 23.3 Å². The van der Waals surface area contributed by atoms with Crippen molar-refractivity contribution in [3.8, 4) is 11.8 Å².